The van der Waals surface area contributed by atoms with Gasteiger partial charge in [0.1, 0.15) is 18.2 Å². The third kappa shape index (κ3) is 4.54. The van der Waals surface area contributed by atoms with Gasteiger partial charge in [0.15, 0.2) is 0 Å². The SMILES string of the molecule is Cc1ccccc1OCCn1c(CNC(=O)c2cccc(Br)c2)nc2ccccc21. The summed E-state index contributed by atoms with van der Waals surface area (Å²) in [4.78, 5) is 17.3. The summed E-state index contributed by atoms with van der Waals surface area (Å²) in [5, 5.41) is 2.98. The number of halogens is 1. The fourth-order valence-electron chi connectivity index (χ4n) is 3.37. The van der Waals surface area contributed by atoms with Crippen LogP contribution in [0, 0.1) is 6.92 Å². The minimum absolute atomic E-state index is 0.133. The summed E-state index contributed by atoms with van der Waals surface area (Å²) in [5.74, 6) is 1.55. The second kappa shape index (κ2) is 9.13. The Morgan fingerprint density at radius 1 is 1.07 bits per heavy atom. The van der Waals surface area contributed by atoms with Crippen molar-refractivity contribution in [2.45, 2.75) is 20.0 Å². The molecule has 30 heavy (non-hydrogen) atoms. The molecule has 0 aliphatic carbocycles. The summed E-state index contributed by atoms with van der Waals surface area (Å²) in [7, 11) is 0. The molecule has 0 saturated heterocycles. The highest BCUT2D eigenvalue weighted by molar-refractivity contribution is 9.10. The monoisotopic (exact) mass is 463 g/mol. The number of carbonyl (C=O) groups is 1. The molecular weight excluding hydrogens is 442 g/mol. The number of carbonyl (C=O) groups excluding carboxylic acids is 1. The summed E-state index contributed by atoms with van der Waals surface area (Å²) in [6.07, 6.45) is 0. The minimum atomic E-state index is -0.133. The second-order valence-corrected chi connectivity index (χ2v) is 7.89. The first-order valence-electron chi connectivity index (χ1n) is 9.78. The van der Waals surface area contributed by atoms with Crippen LogP contribution >= 0.6 is 15.9 Å². The largest absolute Gasteiger partial charge is 0.491 e. The lowest BCUT2D eigenvalue weighted by Crippen LogP contribution is -2.25. The Kier molecular flexibility index (Phi) is 6.14. The third-order valence-corrected chi connectivity index (χ3v) is 5.39. The molecule has 0 spiro atoms. The number of para-hydroxylation sites is 3. The summed E-state index contributed by atoms with van der Waals surface area (Å²) in [6.45, 7) is 3.52. The van der Waals surface area contributed by atoms with Crippen molar-refractivity contribution < 1.29 is 9.53 Å². The lowest BCUT2D eigenvalue weighted by molar-refractivity contribution is 0.0949. The molecule has 0 aliphatic rings. The molecule has 5 nitrogen and oxygen atoms in total. The molecule has 0 saturated carbocycles. The molecule has 0 aliphatic heterocycles. The fraction of sp³-hybridized carbons (Fsp3) is 0.167. The van der Waals surface area contributed by atoms with Gasteiger partial charge >= 0.3 is 0 Å². The minimum Gasteiger partial charge on any atom is -0.491 e. The van der Waals surface area contributed by atoms with Crippen molar-refractivity contribution in [2.24, 2.45) is 0 Å². The van der Waals surface area contributed by atoms with Gasteiger partial charge in [0.25, 0.3) is 5.91 Å². The maximum Gasteiger partial charge on any atom is 0.251 e. The van der Waals surface area contributed by atoms with Crippen molar-refractivity contribution in [2.75, 3.05) is 6.61 Å². The summed E-state index contributed by atoms with van der Waals surface area (Å²) in [6, 6.07) is 23.3. The van der Waals surface area contributed by atoms with Crippen LogP contribution in [0.25, 0.3) is 11.0 Å². The van der Waals surface area contributed by atoms with Gasteiger partial charge in [-0.15, -0.1) is 0 Å². The molecule has 4 aromatic rings. The molecule has 1 heterocycles. The average molecular weight is 464 g/mol. The van der Waals surface area contributed by atoms with Crippen molar-refractivity contribution in [3.8, 4) is 5.75 Å². The standard InChI is InChI=1S/C24H22BrN3O2/c1-17-7-2-5-12-22(17)30-14-13-28-21-11-4-3-10-20(21)27-23(28)16-26-24(29)18-8-6-9-19(25)15-18/h2-12,15H,13-14,16H2,1H3,(H,26,29). The van der Waals surface area contributed by atoms with Gasteiger partial charge in [0.05, 0.1) is 24.1 Å². The molecule has 0 unspecified atom stereocenters. The number of fused-ring (bicyclic) bond motifs is 1. The van der Waals surface area contributed by atoms with E-state index in [1.807, 2.05) is 67.6 Å². The predicted octanol–water partition coefficient (Wildman–Crippen LogP) is 5.12. The van der Waals surface area contributed by atoms with E-state index in [9.17, 15) is 4.79 Å². The first kappa shape index (κ1) is 20.2. The van der Waals surface area contributed by atoms with Gasteiger partial charge in [0.2, 0.25) is 0 Å². The van der Waals surface area contributed by atoms with E-state index in [4.69, 9.17) is 9.72 Å². The van der Waals surface area contributed by atoms with Crippen LogP contribution in [0.5, 0.6) is 5.75 Å². The Bertz CT molecular complexity index is 1190. The molecule has 1 amide bonds. The molecule has 1 N–H and O–H groups in total. The first-order chi connectivity index (χ1) is 14.6. The van der Waals surface area contributed by atoms with E-state index in [0.717, 1.165) is 32.6 Å². The zero-order valence-corrected chi connectivity index (χ0v) is 18.2. The fourth-order valence-corrected chi connectivity index (χ4v) is 3.77. The quantitative estimate of drug-likeness (QED) is 0.413. The molecule has 0 radical (unpaired) electrons. The number of aryl methyl sites for hydroxylation is 1. The maximum absolute atomic E-state index is 12.5. The van der Waals surface area contributed by atoms with E-state index in [-0.39, 0.29) is 5.91 Å². The van der Waals surface area contributed by atoms with Gasteiger partial charge in [0, 0.05) is 10.0 Å². The van der Waals surface area contributed by atoms with Crippen molar-refractivity contribution in [3.63, 3.8) is 0 Å². The van der Waals surface area contributed by atoms with Gasteiger partial charge in [-0.25, -0.2) is 4.98 Å². The Balaban J connectivity index is 1.50. The summed E-state index contributed by atoms with van der Waals surface area (Å²) >= 11 is 3.40. The molecule has 3 aromatic carbocycles. The Labute approximate surface area is 183 Å². The Morgan fingerprint density at radius 3 is 2.70 bits per heavy atom. The molecular formula is C24H22BrN3O2. The number of amides is 1. The van der Waals surface area contributed by atoms with Crippen molar-refractivity contribution in [1.29, 1.82) is 0 Å². The van der Waals surface area contributed by atoms with Crippen LogP contribution in [0.3, 0.4) is 0 Å². The van der Waals surface area contributed by atoms with Crippen molar-refractivity contribution in [3.05, 3.63) is 94.2 Å². The van der Waals surface area contributed by atoms with Gasteiger partial charge in [-0.05, 0) is 48.9 Å². The lowest BCUT2D eigenvalue weighted by Gasteiger charge is -2.13. The van der Waals surface area contributed by atoms with E-state index < -0.39 is 0 Å². The Morgan fingerprint density at radius 2 is 1.87 bits per heavy atom. The van der Waals surface area contributed by atoms with Crippen LogP contribution < -0.4 is 10.1 Å². The van der Waals surface area contributed by atoms with Gasteiger partial charge in [-0.2, -0.15) is 0 Å². The molecule has 0 bridgehead atoms. The molecule has 0 atom stereocenters. The predicted molar refractivity (Wildman–Crippen MR) is 122 cm³/mol. The van der Waals surface area contributed by atoms with Crippen molar-refractivity contribution in [1.82, 2.24) is 14.9 Å². The van der Waals surface area contributed by atoms with E-state index >= 15 is 0 Å². The highest BCUT2D eigenvalue weighted by Crippen LogP contribution is 2.19. The normalized spacial score (nSPS) is 10.9. The highest BCUT2D eigenvalue weighted by atomic mass is 79.9. The lowest BCUT2D eigenvalue weighted by atomic mass is 10.2. The van der Waals surface area contributed by atoms with E-state index in [2.05, 4.69) is 25.8 Å². The smallest absolute Gasteiger partial charge is 0.251 e. The third-order valence-electron chi connectivity index (χ3n) is 4.89. The van der Waals surface area contributed by atoms with Crippen LogP contribution in [0.1, 0.15) is 21.7 Å². The number of nitrogens with zero attached hydrogens (tertiary/aromatic N) is 2. The summed E-state index contributed by atoms with van der Waals surface area (Å²) in [5.41, 5.74) is 3.64. The van der Waals surface area contributed by atoms with Crippen LogP contribution in [0.2, 0.25) is 0 Å². The topological polar surface area (TPSA) is 56.1 Å². The number of hydrogen-bond donors (Lipinski definition) is 1. The van der Waals surface area contributed by atoms with Crippen LogP contribution in [0.15, 0.2) is 77.3 Å². The van der Waals surface area contributed by atoms with Crippen LogP contribution in [-0.2, 0) is 13.1 Å². The summed E-state index contributed by atoms with van der Waals surface area (Å²) < 4.78 is 8.96. The number of ether oxygens (including phenoxy) is 1. The number of imidazole rings is 1. The zero-order chi connectivity index (χ0) is 20.9. The van der Waals surface area contributed by atoms with Crippen LogP contribution in [-0.4, -0.2) is 22.1 Å². The average Bonchev–Trinajstić information content (AvgIpc) is 3.11. The van der Waals surface area contributed by atoms with Crippen molar-refractivity contribution >= 4 is 32.9 Å². The van der Waals surface area contributed by atoms with E-state index in [1.54, 1.807) is 12.1 Å². The Hall–Kier alpha value is -3.12. The van der Waals surface area contributed by atoms with Crippen LogP contribution in [0.4, 0.5) is 0 Å². The van der Waals surface area contributed by atoms with E-state index in [0.29, 0.717) is 25.3 Å². The zero-order valence-electron chi connectivity index (χ0n) is 16.6. The number of hydrogen-bond acceptors (Lipinski definition) is 3. The number of rotatable bonds is 7. The number of nitrogens with one attached hydrogen (secondary N) is 1. The second-order valence-electron chi connectivity index (χ2n) is 6.98. The first-order valence-corrected chi connectivity index (χ1v) is 10.6. The molecule has 0 fully saturated rings. The maximum atomic E-state index is 12.5. The molecule has 6 heteroatoms. The van der Waals surface area contributed by atoms with E-state index in [1.165, 1.54) is 0 Å². The number of aromatic nitrogens is 2. The van der Waals surface area contributed by atoms with Gasteiger partial charge < -0.3 is 14.6 Å². The molecule has 152 valence electrons. The number of benzene rings is 3. The molecule has 4 rings (SSSR count). The molecule has 1 aromatic heterocycles. The van der Waals surface area contributed by atoms with Gasteiger partial charge in [-0.1, -0.05) is 52.3 Å². The van der Waals surface area contributed by atoms with Gasteiger partial charge in [-0.3, -0.25) is 4.79 Å². The highest BCUT2D eigenvalue weighted by Gasteiger charge is 2.13.